The fourth-order valence-corrected chi connectivity index (χ4v) is 9.71. The van der Waals surface area contributed by atoms with Gasteiger partial charge in [0.05, 0.1) is 18.8 Å². The largest absolute Gasteiger partial charge is 0.394 e. The van der Waals surface area contributed by atoms with E-state index >= 15 is 0 Å². The van der Waals surface area contributed by atoms with Crippen LogP contribution in [0.4, 0.5) is 0 Å². The summed E-state index contributed by atoms with van der Waals surface area (Å²) < 4.78 is 0. The van der Waals surface area contributed by atoms with Gasteiger partial charge in [-0.1, -0.05) is 334 Å². The molecule has 0 aliphatic heterocycles. The minimum Gasteiger partial charge on any atom is -0.394 e. The van der Waals surface area contributed by atoms with E-state index in [2.05, 4.69) is 19.2 Å². The van der Waals surface area contributed by atoms with Gasteiger partial charge in [-0.05, 0) is 19.3 Å². The molecule has 0 rings (SSSR count). The Labute approximate surface area is 403 Å². The predicted octanol–water partition coefficient (Wildman–Crippen LogP) is 19.7. The van der Waals surface area contributed by atoms with Crippen molar-refractivity contribution in [3.63, 3.8) is 0 Å². The van der Waals surface area contributed by atoms with Gasteiger partial charge in [-0.2, -0.15) is 0 Å². The molecule has 0 fully saturated rings. The first kappa shape index (κ1) is 63.1. The fraction of sp³-hybridized carbons (Fsp3) is 0.950. The molecule has 0 bridgehead atoms. The van der Waals surface area contributed by atoms with E-state index in [1.54, 1.807) is 6.08 Å². The SMILES string of the molecule is CCCCCCCCCCCCCCCCCCCCCCCCC/C=C/C(O)C(CO)NC(=O)CCCCCCCCCCCCCCCCCCCCCCCCCCCCC. The molecule has 0 saturated heterocycles. The Bertz CT molecular complexity index is 890. The molecular weight excluding hydrogens is 783 g/mol. The van der Waals surface area contributed by atoms with Crippen molar-refractivity contribution in [2.75, 3.05) is 6.61 Å². The summed E-state index contributed by atoms with van der Waals surface area (Å²) in [6.45, 7) is 4.36. The second-order valence-corrected chi connectivity index (χ2v) is 20.8. The maximum Gasteiger partial charge on any atom is 0.220 e. The highest BCUT2D eigenvalue weighted by atomic mass is 16.3. The van der Waals surface area contributed by atoms with Gasteiger partial charge in [-0.3, -0.25) is 4.79 Å². The van der Waals surface area contributed by atoms with Gasteiger partial charge in [0, 0.05) is 6.42 Å². The molecule has 382 valence electrons. The number of nitrogens with one attached hydrogen (secondary N) is 1. The lowest BCUT2D eigenvalue weighted by Gasteiger charge is -2.20. The predicted molar refractivity (Wildman–Crippen MR) is 286 cm³/mol. The van der Waals surface area contributed by atoms with Crippen LogP contribution in [0.1, 0.15) is 348 Å². The van der Waals surface area contributed by atoms with Gasteiger partial charge in [0.1, 0.15) is 0 Å². The van der Waals surface area contributed by atoms with Crippen molar-refractivity contribution in [3.8, 4) is 0 Å². The van der Waals surface area contributed by atoms with E-state index in [0.29, 0.717) is 6.42 Å². The van der Waals surface area contributed by atoms with Crippen molar-refractivity contribution in [2.24, 2.45) is 0 Å². The Morgan fingerprint density at radius 3 is 0.812 bits per heavy atom. The number of rotatable bonds is 56. The third-order valence-electron chi connectivity index (χ3n) is 14.3. The van der Waals surface area contributed by atoms with Crippen LogP contribution in [-0.2, 0) is 4.79 Å². The van der Waals surface area contributed by atoms with Crippen LogP contribution < -0.4 is 5.32 Å². The summed E-state index contributed by atoms with van der Waals surface area (Å²) in [6, 6.07) is -0.618. The minimum absolute atomic E-state index is 0.0547. The van der Waals surface area contributed by atoms with E-state index in [9.17, 15) is 15.0 Å². The van der Waals surface area contributed by atoms with E-state index in [1.807, 2.05) is 6.08 Å². The summed E-state index contributed by atoms with van der Waals surface area (Å²) in [5.74, 6) is -0.0547. The molecule has 2 atom stereocenters. The molecule has 0 aliphatic carbocycles. The molecule has 2 unspecified atom stereocenters. The Balaban J connectivity index is 3.43. The number of carbonyl (C=O) groups is 1. The van der Waals surface area contributed by atoms with Gasteiger partial charge >= 0.3 is 0 Å². The standard InChI is InChI=1S/C60H119NO3/c1-3-5-7-9-11-13-15-17-19-21-23-25-27-29-30-32-34-36-38-40-42-44-46-48-50-52-54-56-60(64)61-58(57-62)59(63)55-53-51-49-47-45-43-41-39-37-35-33-31-28-26-24-22-20-18-16-14-12-10-8-6-4-2/h53,55,58-59,62-63H,3-52,54,56-57H2,1-2H3,(H,61,64)/b55-53+. The minimum atomic E-state index is -0.836. The van der Waals surface area contributed by atoms with Crippen LogP contribution in [0.3, 0.4) is 0 Å². The molecule has 64 heavy (non-hydrogen) atoms. The zero-order valence-corrected chi connectivity index (χ0v) is 44.1. The maximum absolute atomic E-state index is 12.5. The maximum atomic E-state index is 12.5. The average Bonchev–Trinajstić information content (AvgIpc) is 3.30. The zero-order valence-electron chi connectivity index (χ0n) is 44.1. The third kappa shape index (κ3) is 52.1. The number of aliphatic hydroxyl groups is 2. The number of aliphatic hydroxyl groups excluding tert-OH is 2. The molecule has 4 nitrogen and oxygen atoms in total. The normalized spacial score (nSPS) is 12.8. The van der Waals surface area contributed by atoms with Crippen LogP contribution in [0.5, 0.6) is 0 Å². The summed E-state index contributed by atoms with van der Waals surface area (Å²) >= 11 is 0. The zero-order chi connectivity index (χ0) is 46.3. The van der Waals surface area contributed by atoms with Gasteiger partial charge in [0.15, 0.2) is 0 Å². The molecule has 0 aliphatic rings. The topological polar surface area (TPSA) is 69.6 Å². The van der Waals surface area contributed by atoms with Gasteiger partial charge in [-0.15, -0.1) is 0 Å². The molecule has 0 aromatic rings. The lowest BCUT2D eigenvalue weighted by molar-refractivity contribution is -0.123. The van der Waals surface area contributed by atoms with E-state index in [0.717, 1.165) is 25.7 Å². The first-order valence-electron chi connectivity index (χ1n) is 29.9. The van der Waals surface area contributed by atoms with Crippen LogP contribution >= 0.6 is 0 Å². The number of allylic oxidation sites excluding steroid dienone is 1. The summed E-state index contributed by atoms with van der Waals surface area (Å²) in [5, 5.41) is 23.2. The van der Waals surface area contributed by atoms with Crippen molar-refractivity contribution < 1.29 is 15.0 Å². The first-order chi connectivity index (χ1) is 31.7. The molecule has 0 aromatic heterocycles. The third-order valence-corrected chi connectivity index (χ3v) is 14.3. The molecule has 0 radical (unpaired) electrons. The first-order valence-corrected chi connectivity index (χ1v) is 29.9. The van der Waals surface area contributed by atoms with E-state index in [4.69, 9.17) is 0 Å². The molecular formula is C60H119NO3. The van der Waals surface area contributed by atoms with Crippen molar-refractivity contribution >= 4 is 5.91 Å². The fourth-order valence-electron chi connectivity index (χ4n) is 9.71. The molecule has 0 saturated carbocycles. The van der Waals surface area contributed by atoms with Gasteiger partial charge in [0.25, 0.3) is 0 Å². The number of hydrogen-bond acceptors (Lipinski definition) is 3. The summed E-state index contributed by atoms with van der Waals surface area (Å²) in [4.78, 5) is 12.5. The highest BCUT2D eigenvalue weighted by molar-refractivity contribution is 5.76. The summed E-state index contributed by atoms with van der Waals surface area (Å²) in [5.41, 5.74) is 0. The van der Waals surface area contributed by atoms with Crippen molar-refractivity contribution in [1.29, 1.82) is 0 Å². The van der Waals surface area contributed by atoms with Crippen LogP contribution in [0.2, 0.25) is 0 Å². The monoisotopic (exact) mass is 902 g/mol. The Morgan fingerprint density at radius 2 is 0.578 bits per heavy atom. The summed E-state index contributed by atoms with van der Waals surface area (Å²) in [7, 11) is 0. The van der Waals surface area contributed by atoms with E-state index in [1.165, 1.54) is 302 Å². The van der Waals surface area contributed by atoms with Crippen LogP contribution in [0, 0.1) is 0 Å². The smallest absolute Gasteiger partial charge is 0.220 e. The highest BCUT2D eigenvalue weighted by Gasteiger charge is 2.18. The lowest BCUT2D eigenvalue weighted by atomic mass is 10.0. The number of amides is 1. The van der Waals surface area contributed by atoms with Crippen molar-refractivity contribution in [3.05, 3.63) is 12.2 Å². The quantitative estimate of drug-likeness (QED) is 0.0421. The molecule has 1 amide bonds. The van der Waals surface area contributed by atoms with Crippen molar-refractivity contribution in [2.45, 2.75) is 360 Å². The highest BCUT2D eigenvalue weighted by Crippen LogP contribution is 2.18. The molecule has 0 aromatic carbocycles. The van der Waals surface area contributed by atoms with E-state index < -0.39 is 12.1 Å². The molecule has 0 spiro atoms. The van der Waals surface area contributed by atoms with Crippen molar-refractivity contribution in [1.82, 2.24) is 5.32 Å². The lowest BCUT2D eigenvalue weighted by Crippen LogP contribution is -2.45. The number of carbonyl (C=O) groups excluding carboxylic acids is 1. The summed E-state index contributed by atoms with van der Waals surface area (Å²) in [6.07, 6.45) is 73.9. The van der Waals surface area contributed by atoms with Crippen LogP contribution in [-0.4, -0.2) is 34.9 Å². The molecule has 4 heteroatoms. The molecule has 0 heterocycles. The number of unbranched alkanes of at least 4 members (excludes halogenated alkanes) is 49. The second-order valence-electron chi connectivity index (χ2n) is 20.8. The number of hydrogen-bond donors (Lipinski definition) is 3. The van der Waals surface area contributed by atoms with Crippen LogP contribution in [0.15, 0.2) is 12.2 Å². The van der Waals surface area contributed by atoms with Gasteiger partial charge < -0.3 is 15.5 Å². The van der Waals surface area contributed by atoms with Gasteiger partial charge in [0.2, 0.25) is 5.91 Å². The van der Waals surface area contributed by atoms with E-state index in [-0.39, 0.29) is 12.5 Å². The Hall–Kier alpha value is -0.870. The van der Waals surface area contributed by atoms with Gasteiger partial charge in [-0.25, -0.2) is 0 Å². The van der Waals surface area contributed by atoms with Crippen LogP contribution in [0.25, 0.3) is 0 Å². The Kier molecular flexibility index (Phi) is 55.7. The average molecular weight is 903 g/mol. The molecule has 3 N–H and O–H groups in total. The second kappa shape index (κ2) is 56.5. The Morgan fingerprint density at radius 1 is 0.359 bits per heavy atom.